The molecule has 6 heteroatoms. The van der Waals surface area contributed by atoms with E-state index >= 15 is 0 Å². The van der Waals surface area contributed by atoms with Gasteiger partial charge in [-0.1, -0.05) is 11.6 Å². The van der Waals surface area contributed by atoms with E-state index in [9.17, 15) is 4.79 Å². The summed E-state index contributed by atoms with van der Waals surface area (Å²) in [5, 5.41) is 0.648. The van der Waals surface area contributed by atoms with Crippen molar-refractivity contribution in [1.82, 2.24) is 9.88 Å². The number of hydrogen-bond donors (Lipinski definition) is 0. The van der Waals surface area contributed by atoms with Crippen molar-refractivity contribution in [2.75, 3.05) is 20.2 Å². The van der Waals surface area contributed by atoms with E-state index in [1.807, 2.05) is 17.0 Å². The van der Waals surface area contributed by atoms with E-state index in [-0.39, 0.29) is 12.0 Å². The SMILES string of the molecule is COC1CCN(C(=O)c2nc(-c3ccc(Cl)cc3)oc2C)CC1. The third-order valence-electron chi connectivity index (χ3n) is 4.15. The Bertz CT molecular complexity index is 688. The van der Waals surface area contributed by atoms with Crippen molar-refractivity contribution in [3.63, 3.8) is 0 Å². The molecule has 0 radical (unpaired) electrons. The van der Waals surface area contributed by atoms with E-state index < -0.39 is 0 Å². The number of nitrogens with zero attached hydrogens (tertiary/aromatic N) is 2. The molecule has 1 fully saturated rings. The van der Waals surface area contributed by atoms with Crippen LogP contribution in [-0.2, 0) is 4.74 Å². The normalized spacial score (nSPS) is 15.9. The van der Waals surface area contributed by atoms with Gasteiger partial charge in [0.2, 0.25) is 5.89 Å². The van der Waals surface area contributed by atoms with Crippen molar-refractivity contribution in [2.45, 2.75) is 25.9 Å². The maximum Gasteiger partial charge on any atom is 0.276 e. The predicted octanol–water partition coefficient (Wildman–Crippen LogP) is 3.55. The highest BCUT2D eigenvalue weighted by molar-refractivity contribution is 6.30. The maximum atomic E-state index is 12.7. The zero-order valence-electron chi connectivity index (χ0n) is 13.2. The number of rotatable bonds is 3. The van der Waals surface area contributed by atoms with Crippen molar-refractivity contribution in [1.29, 1.82) is 0 Å². The van der Waals surface area contributed by atoms with Gasteiger partial charge in [0, 0.05) is 30.8 Å². The average Bonchev–Trinajstić information content (AvgIpc) is 2.96. The predicted molar refractivity (Wildman–Crippen MR) is 87.6 cm³/mol. The molecule has 23 heavy (non-hydrogen) atoms. The number of carbonyl (C=O) groups excluding carboxylic acids is 1. The molecule has 1 aromatic carbocycles. The Balaban J connectivity index is 1.78. The molecule has 0 N–H and O–H groups in total. The first-order chi connectivity index (χ1) is 11.1. The van der Waals surface area contributed by atoms with Crippen molar-refractivity contribution in [3.05, 3.63) is 40.7 Å². The molecule has 1 saturated heterocycles. The number of aromatic nitrogens is 1. The van der Waals surface area contributed by atoms with Crippen LogP contribution in [0, 0.1) is 6.92 Å². The molecular weight excluding hydrogens is 316 g/mol. The molecule has 0 saturated carbocycles. The average molecular weight is 335 g/mol. The van der Waals surface area contributed by atoms with Gasteiger partial charge in [0.05, 0.1) is 6.10 Å². The number of ether oxygens (including phenoxy) is 1. The van der Waals surface area contributed by atoms with E-state index in [1.54, 1.807) is 26.2 Å². The van der Waals surface area contributed by atoms with Gasteiger partial charge in [0.15, 0.2) is 5.69 Å². The van der Waals surface area contributed by atoms with Crippen LogP contribution in [0.15, 0.2) is 28.7 Å². The summed E-state index contributed by atoms with van der Waals surface area (Å²) in [7, 11) is 1.71. The van der Waals surface area contributed by atoms with Gasteiger partial charge in [-0.25, -0.2) is 4.98 Å². The quantitative estimate of drug-likeness (QED) is 0.861. The number of carbonyl (C=O) groups is 1. The summed E-state index contributed by atoms with van der Waals surface area (Å²) in [5.41, 5.74) is 1.18. The highest BCUT2D eigenvalue weighted by Gasteiger charge is 2.27. The fraction of sp³-hybridized carbons (Fsp3) is 0.412. The van der Waals surface area contributed by atoms with E-state index in [0.717, 1.165) is 18.4 Å². The second-order valence-corrected chi connectivity index (χ2v) is 6.09. The Hall–Kier alpha value is -1.85. The second-order valence-electron chi connectivity index (χ2n) is 5.66. The number of benzene rings is 1. The number of hydrogen-bond acceptors (Lipinski definition) is 4. The molecule has 0 spiro atoms. The van der Waals surface area contributed by atoms with Crippen molar-refractivity contribution in [3.8, 4) is 11.5 Å². The summed E-state index contributed by atoms with van der Waals surface area (Å²) in [4.78, 5) is 18.9. The van der Waals surface area contributed by atoms with Crippen LogP contribution in [0.4, 0.5) is 0 Å². The van der Waals surface area contributed by atoms with Crippen molar-refractivity contribution < 1.29 is 13.9 Å². The molecule has 1 aliphatic rings. The van der Waals surface area contributed by atoms with Gasteiger partial charge in [-0.2, -0.15) is 0 Å². The van der Waals surface area contributed by atoms with E-state index in [2.05, 4.69) is 4.98 Å². The lowest BCUT2D eigenvalue weighted by atomic mass is 10.1. The minimum Gasteiger partial charge on any atom is -0.441 e. The number of halogens is 1. The van der Waals surface area contributed by atoms with Crippen LogP contribution in [0.3, 0.4) is 0 Å². The summed E-state index contributed by atoms with van der Waals surface area (Å²) in [6.45, 7) is 3.13. The Kier molecular flexibility index (Phi) is 4.68. The van der Waals surface area contributed by atoms with E-state index in [4.69, 9.17) is 20.8 Å². The molecule has 0 bridgehead atoms. The van der Waals surface area contributed by atoms with Crippen LogP contribution < -0.4 is 0 Å². The Morgan fingerprint density at radius 2 is 1.96 bits per heavy atom. The zero-order chi connectivity index (χ0) is 16.4. The Morgan fingerprint density at radius 3 is 2.57 bits per heavy atom. The van der Waals surface area contributed by atoms with Gasteiger partial charge in [-0.3, -0.25) is 4.79 Å². The fourth-order valence-corrected chi connectivity index (χ4v) is 2.88. The molecule has 5 nitrogen and oxygen atoms in total. The second kappa shape index (κ2) is 6.72. The minimum absolute atomic E-state index is 0.0824. The highest BCUT2D eigenvalue weighted by Crippen LogP contribution is 2.25. The van der Waals surface area contributed by atoms with Gasteiger partial charge in [0.25, 0.3) is 5.91 Å². The first-order valence-corrected chi connectivity index (χ1v) is 8.01. The van der Waals surface area contributed by atoms with E-state index in [0.29, 0.717) is 35.5 Å². The van der Waals surface area contributed by atoms with E-state index in [1.165, 1.54) is 0 Å². The highest BCUT2D eigenvalue weighted by atomic mass is 35.5. The van der Waals surface area contributed by atoms with Crippen LogP contribution in [0.25, 0.3) is 11.5 Å². The summed E-state index contributed by atoms with van der Waals surface area (Å²) in [5.74, 6) is 0.893. The number of methoxy groups -OCH3 is 1. The molecule has 1 aliphatic heterocycles. The Labute approximate surface area is 140 Å². The molecule has 2 aromatic rings. The molecule has 1 aromatic heterocycles. The molecule has 2 heterocycles. The fourth-order valence-electron chi connectivity index (χ4n) is 2.76. The topological polar surface area (TPSA) is 55.6 Å². The van der Waals surface area contributed by atoms with Gasteiger partial charge >= 0.3 is 0 Å². The van der Waals surface area contributed by atoms with Crippen LogP contribution in [0.1, 0.15) is 29.1 Å². The molecular formula is C17H19ClN2O3. The van der Waals surface area contributed by atoms with Crippen molar-refractivity contribution >= 4 is 17.5 Å². The lowest BCUT2D eigenvalue weighted by Crippen LogP contribution is -2.41. The molecule has 0 atom stereocenters. The number of amides is 1. The summed E-state index contributed by atoms with van der Waals surface area (Å²) in [6.07, 6.45) is 1.94. The third kappa shape index (κ3) is 3.41. The van der Waals surface area contributed by atoms with Crippen LogP contribution >= 0.6 is 11.6 Å². The van der Waals surface area contributed by atoms with Gasteiger partial charge in [-0.05, 0) is 44.0 Å². The Morgan fingerprint density at radius 1 is 1.30 bits per heavy atom. The van der Waals surface area contributed by atoms with Gasteiger partial charge < -0.3 is 14.1 Å². The largest absolute Gasteiger partial charge is 0.441 e. The molecule has 3 rings (SSSR count). The van der Waals surface area contributed by atoms with Gasteiger partial charge in [-0.15, -0.1) is 0 Å². The third-order valence-corrected chi connectivity index (χ3v) is 4.40. The monoisotopic (exact) mass is 334 g/mol. The number of likely N-dealkylation sites (tertiary alicyclic amines) is 1. The first-order valence-electron chi connectivity index (χ1n) is 7.64. The van der Waals surface area contributed by atoms with Crippen LogP contribution in [0.2, 0.25) is 5.02 Å². The van der Waals surface area contributed by atoms with Crippen LogP contribution in [0.5, 0.6) is 0 Å². The summed E-state index contributed by atoms with van der Waals surface area (Å²) in [6, 6.07) is 7.19. The van der Waals surface area contributed by atoms with Gasteiger partial charge in [0.1, 0.15) is 5.76 Å². The van der Waals surface area contributed by atoms with Crippen LogP contribution in [-0.4, -0.2) is 42.1 Å². The van der Waals surface area contributed by atoms with Crippen molar-refractivity contribution in [2.24, 2.45) is 0 Å². The smallest absolute Gasteiger partial charge is 0.276 e. The minimum atomic E-state index is -0.0824. The maximum absolute atomic E-state index is 12.7. The number of piperidine rings is 1. The molecule has 1 amide bonds. The molecule has 0 unspecified atom stereocenters. The first kappa shape index (κ1) is 16.0. The summed E-state index contributed by atoms with van der Waals surface area (Å²) >= 11 is 5.89. The molecule has 0 aliphatic carbocycles. The standard InChI is InChI=1S/C17H19ClN2O3/c1-11-15(17(21)20-9-7-14(22-2)8-10-20)19-16(23-11)12-3-5-13(18)6-4-12/h3-6,14H,7-10H2,1-2H3. The lowest BCUT2D eigenvalue weighted by molar-refractivity contribution is 0.0347. The number of aryl methyl sites for hydroxylation is 1. The zero-order valence-corrected chi connectivity index (χ0v) is 14.0. The summed E-state index contributed by atoms with van der Waals surface area (Å²) < 4.78 is 11.0. The number of oxazole rings is 1. The lowest BCUT2D eigenvalue weighted by Gasteiger charge is -2.30. The molecule has 122 valence electrons.